The van der Waals surface area contributed by atoms with E-state index in [-0.39, 0.29) is 0 Å². The Labute approximate surface area is 76.4 Å². The van der Waals surface area contributed by atoms with Crippen LogP contribution in [0.5, 0.6) is 0 Å². The third-order valence-electron chi connectivity index (χ3n) is 1.02. The Morgan fingerprint density at radius 2 is 2.20 bits per heavy atom. The standard InChI is InChI=1S/C7H5Br2N/c1-5(8)6-2-7(9)4-10-3-6/h2-4H,1H2. The molecule has 0 saturated carbocycles. The fraction of sp³-hybridized carbons (Fsp3) is 0. The van der Waals surface area contributed by atoms with Gasteiger partial charge in [-0.05, 0) is 22.0 Å². The molecule has 0 bridgehead atoms. The lowest BCUT2D eigenvalue weighted by Gasteiger charge is -1.95. The molecule has 0 atom stereocenters. The molecule has 1 rings (SSSR count). The Bertz CT molecular complexity index is 258. The number of rotatable bonds is 1. The number of hydrogen-bond donors (Lipinski definition) is 0. The summed E-state index contributed by atoms with van der Waals surface area (Å²) < 4.78 is 1.81. The zero-order chi connectivity index (χ0) is 7.56. The first-order valence-electron chi connectivity index (χ1n) is 2.65. The fourth-order valence-corrected chi connectivity index (χ4v) is 1.14. The average molecular weight is 263 g/mol. The van der Waals surface area contributed by atoms with Crippen molar-refractivity contribution in [3.63, 3.8) is 0 Å². The molecule has 1 aromatic heterocycles. The molecule has 0 aliphatic rings. The van der Waals surface area contributed by atoms with E-state index < -0.39 is 0 Å². The lowest BCUT2D eigenvalue weighted by molar-refractivity contribution is 1.30. The summed E-state index contributed by atoms with van der Waals surface area (Å²) in [4.78, 5) is 3.97. The van der Waals surface area contributed by atoms with Crippen molar-refractivity contribution in [3.05, 3.63) is 35.1 Å². The SMILES string of the molecule is C=C(Br)c1cncc(Br)c1. The van der Waals surface area contributed by atoms with E-state index >= 15 is 0 Å². The van der Waals surface area contributed by atoms with Crippen LogP contribution in [0.15, 0.2) is 29.5 Å². The molecule has 1 nitrogen and oxygen atoms in total. The quantitative estimate of drug-likeness (QED) is 0.758. The van der Waals surface area contributed by atoms with Crippen molar-refractivity contribution in [2.45, 2.75) is 0 Å². The van der Waals surface area contributed by atoms with Crippen LogP contribution in [0.2, 0.25) is 0 Å². The van der Waals surface area contributed by atoms with Crippen LogP contribution < -0.4 is 0 Å². The predicted molar refractivity (Wildman–Crippen MR) is 49.9 cm³/mol. The maximum Gasteiger partial charge on any atom is 0.0410 e. The van der Waals surface area contributed by atoms with E-state index in [0.717, 1.165) is 14.5 Å². The van der Waals surface area contributed by atoms with Crippen LogP contribution in [0.1, 0.15) is 5.56 Å². The van der Waals surface area contributed by atoms with Crippen LogP contribution in [0, 0.1) is 0 Å². The van der Waals surface area contributed by atoms with Crippen molar-refractivity contribution in [2.24, 2.45) is 0 Å². The molecule has 0 fully saturated rings. The number of hydrogen-bond acceptors (Lipinski definition) is 1. The molecule has 10 heavy (non-hydrogen) atoms. The first-order valence-corrected chi connectivity index (χ1v) is 4.24. The molecule has 0 amide bonds. The zero-order valence-electron chi connectivity index (χ0n) is 5.14. The van der Waals surface area contributed by atoms with E-state index in [0.29, 0.717) is 0 Å². The number of pyridine rings is 1. The predicted octanol–water partition coefficient (Wildman–Crippen LogP) is 3.21. The van der Waals surface area contributed by atoms with Crippen LogP contribution in [0.25, 0.3) is 4.48 Å². The molecule has 0 N–H and O–H groups in total. The zero-order valence-corrected chi connectivity index (χ0v) is 8.31. The Morgan fingerprint density at radius 1 is 1.50 bits per heavy atom. The average Bonchev–Trinajstić information content (AvgIpc) is 1.88. The van der Waals surface area contributed by atoms with Crippen molar-refractivity contribution < 1.29 is 0 Å². The Balaban J connectivity index is 3.07. The topological polar surface area (TPSA) is 12.9 Å². The smallest absolute Gasteiger partial charge is 0.0410 e. The summed E-state index contributed by atoms with van der Waals surface area (Å²) in [5, 5.41) is 0. The second kappa shape index (κ2) is 3.30. The van der Waals surface area contributed by atoms with Gasteiger partial charge in [-0.15, -0.1) is 0 Å². The van der Waals surface area contributed by atoms with Crippen molar-refractivity contribution in [1.29, 1.82) is 0 Å². The van der Waals surface area contributed by atoms with Crippen molar-refractivity contribution >= 4 is 36.3 Å². The molecule has 3 heteroatoms. The van der Waals surface area contributed by atoms with Crippen molar-refractivity contribution in [2.75, 3.05) is 0 Å². The van der Waals surface area contributed by atoms with Gasteiger partial charge in [-0.3, -0.25) is 4.98 Å². The summed E-state index contributed by atoms with van der Waals surface area (Å²) in [6, 6.07) is 1.95. The molecule has 0 aliphatic heterocycles. The third kappa shape index (κ3) is 1.92. The number of aromatic nitrogens is 1. The number of halogens is 2. The summed E-state index contributed by atoms with van der Waals surface area (Å²) in [5.41, 5.74) is 0.995. The fourth-order valence-electron chi connectivity index (χ4n) is 0.560. The highest BCUT2D eigenvalue weighted by Gasteiger charge is 1.94. The normalized spacial score (nSPS) is 9.40. The van der Waals surface area contributed by atoms with Gasteiger partial charge in [0.15, 0.2) is 0 Å². The van der Waals surface area contributed by atoms with E-state index in [1.54, 1.807) is 12.4 Å². The molecule has 52 valence electrons. The van der Waals surface area contributed by atoms with Gasteiger partial charge in [-0.2, -0.15) is 0 Å². The number of nitrogens with zero attached hydrogens (tertiary/aromatic N) is 1. The summed E-state index contributed by atoms with van der Waals surface area (Å²) in [7, 11) is 0. The van der Waals surface area contributed by atoms with Gasteiger partial charge >= 0.3 is 0 Å². The van der Waals surface area contributed by atoms with Crippen LogP contribution >= 0.6 is 31.9 Å². The van der Waals surface area contributed by atoms with Crippen LogP contribution in [0.4, 0.5) is 0 Å². The summed E-state index contributed by atoms with van der Waals surface area (Å²) in [6.45, 7) is 3.72. The van der Waals surface area contributed by atoms with Crippen LogP contribution in [-0.2, 0) is 0 Å². The largest absolute Gasteiger partial charge is 0.263 e. The molecule has 1 heterocycles. The maximum absolute atomic E-state index is 3.97. The molecule has 0 unspecified atom stereocenters. The lowest BCUT2D eigenvalue weighted by Crippen LogP contribution is -1.77. The Morgan fingerprint density at radius 3 is 2.60 bits per heavy atom. The highest BCUT2D eigenvalue weighted by molar-refractivity contribution is 9.15. The minimum Gasteiger partial charge on any atom is -0.263 e. The minimum atomic E-state index is 0.848. The molecule has 0 spiro atoms. The molecule has 0 aliphatic carbocycles. The van der Waals surface area contributed by atoms with Crippen LogP contribution in [-0.4, -0.2) is 4.98 Å². The third-order valence-corrected chi connectivity index (χ3v) is 1.91. The molecule has 0 aromatic carbocycles. The molecular weight excluding hydrogens is 258 g/mol. The van der Waals surface area contributed by atoms with E-state index in [4.69, 9.17) is 0 Å². The molecular formula is C7H5Br2N. The summed E-state index contributed by atoms with van der Waals surface area (Å²) in [5.74, 6) is 0. The van der Waals surface area contributed by atoms with Crippen molar-refractivity contribution in [1.82, 2.24) is 4.98 Å². The van der Waals surface area contributed by atoms with E-state index in [1.807, 2.05) is 6.07 Å². The highest BCUT2D eigenvalue weighted by atomic mass is 79.9. The van der Waals surface area contributed by atoms with Gasteiger partial charge in [-0.1, -0.05) is 22.5 Å². The summed E-state index contributed by atoms with van der Waals surface area (Å²) in [6.07, 6.45) is 3.49. The highest BCUT2D eigenvalue weighted by Crippen LogP contribution is 2.20. The van der Waals surface area contributed by atoms with Gasteiger partial charge in [0, 0.05) is 26.9 Å². The monoisotopic (exact) mass is 261 g/mol. The van der Waals surface area contributed by atoms with Gasteiger partial charge in [0.2, 0.25) is 0 Å². The van der Waals surface area contributed by atoms with Gasteiger partial charge < -0.3 is 0 Å². The van der Waals surface area contributed by atoms with Crippen LogP contribution in [0.3, 0.4) is 0 Å². The van der Waals surface area contributed by atoms with E-state index in [1.165, 1.54) is 0 Å². The molecule has 0 radical (unpaired) electrons. The second-order valence-electron chi connectivity index (χ2n) is 1.80. The summed E-state index contributed by atoms with van der Waals surface area (Å²) >= 11 is 6.57. The first kappa shape index (κ1) is 7.95. The van der Waals surface area contributed by atoms with Gasteiger partial charge in [0.05, 0.1) is 0 Å². The van der Waals surface area contributed by atoms with E-state index in [9.17, 15) is 0 Å². The first-order chi connectivity index (χ1) is 4.70. The van der Waals surface area contributed by atoms with Gasteiger partial charge in [0.1, 0.15) is 0 Å². The lowest BCUT2D eigenvalue weighted by atomic mass is 10.3. The minimum absolute atomic E-state index is 0.848. The molecule has 0 saturated heterocycles. The maximum atomic E-state index is 3.97. The second-order valence-corrected chi connectivity index (χ2v) is 3.67. The Kier molecular flexibility index (Phi) is 2.63. The van der Waals surface area contributed by atoms with E-state index in [2.05, 4.69) is 43.4 Å². The Hall–Kier alpha value is -0.150. The van der Waals surface area contributed by atoms with Gasteiger partial charge in [0.25, 0.3) is 0 Å². The molecule has 1 aromatic rings. The van der Waals surface area contributed by atoms with Crippen molar-refractivity contribution in [3.8, 4) is 0 Å². The van der Waals surface area contributed by atoms with Gasteiger partial charge in [-0.25, -0.2) is 0 Å².